The minimum Gasteiger partial charge on any atom is -0.506 e. The molecule has 1 atom stereocenters. The summed E-state index contributed by atoms with van der Waals surface area (Å²) < 4.78 is 11.3. The number of unbranched alkanes of at least 4 members (excludes halogenated alkanes) is 13. The summed E-state index contributed by atoms with van der Waals surface area (Å²) in [5.74, 6) is 0.105. The molecule has 0 radical (unpaired) electrons. The zero-order chi connectivity index (χ0) is 29.0. The second-order valence-corrected chi connectivity index (χ2v) is 10.8. The number of nitrogens with zero attached hydrogens (tertiary/aromatic N) is 2. The molecule has 0 aliphatic heterocycles. The lowest BCUT2D eigenvalue weighted by Crippen LogP contribution is -2.38. The van der Waals surface area contributed by atoms with E-state index >= 15 is 0 Å². The summed E-state index contributed by atoms with van der Waals surface area (Å²) >= 11 is 0. The van der Waals surface area contributed by atoms with Gasteiger partial charge in [0.25, 0.3) is 5.91 Å². The predicted molar refractivity (Wildman–Crippen MR) is 164 cm³/mol. The molecule has 222 valence electrons. The maximum atomic E-state index is 13.6. The number of hydrogen-bond donors (Lipinski definition) is 1. The quantitative estimate of drug-likeness (QED) is 0.148. The van der Waals surface area contributed by atoms with Gasteiger partial charge in [-0.2, -0.15) is 5.26 Å². The third-order valence-corrected chi connectivity index (χ3v) is 7.57. The Kier molecular flexibility index (Phi) is 16.8. The average Bonchev–Trinajstić information content (AvgIpc) is 2.97. The van der Waals surface area contributed by atoms with Gasteiger partial charge in [0.2, 0.25) is 0 Å². The molecule has 40 heavy (non-hydrogen) atoms. The average molecular weight is 553 g/mol. The van der Waals surface area contributed by atoms with Crippen LogP contribution >= 0.6 is 0 Å². The number of carbonyl (C=O) groups excluding carboxylic acids is 1. The van der Waals surface area contributed by atoms with Crippen molar-refractivity contribution in [2.45, 2.75) is 117 Å². The standard InChI is InChI=1S/C34H52N2O4/c1-4-6-7-8-9-10-11-12-13-14-15-16-17-20-23-36(28(3)27-35)34(38)31-26-32(40-25-24-39-5-2)29-21-18-19-22-30(29)33(31)37/h18-19,21-22,26,28,37H,4-17,20,23-25H2,1-3H3. The Labute approximate surface area is 242 Å². The summed E-state index contributed by atoms with van der Waals surface area (Å²) in [4.78, 5) is 15.2. The van der Waals surface area contributed by atoms with E-state index in [1.54, 1.807) is 24.0 Å². The van der Waals surface area contributed by atoms with Crippen LogP contribution in [0.3, 0.4) is 0 Å². The number of fused-ring (bicyclic) bond motifs is 1. The molecule has 6 nitrogen and oxygen atoms in total. The van der Waals surface area contributed by atoms with E-state index in [1.165, 1.54) is 70.6 Å². The Balaban J connectivity index is 1.87. The molecule has 6 heteroatoms. The van der Waals surface area contributed by atoms with Crippen molar-refractivity contribution in [1.29, 1.82) is 5.26 Å². The van der Waals surface area contributed by atoms with E-state index in [0.29, 0.717) is 37.5 Å². The van der Waals surface area contributed by atoms with Crippen LogP contribution < -0.4 is 4.74 Å². The van der Waals surface area contributed by atoms with Gasteiger partial charge in [-0.05, 0) is 26.3 Å². The van der Waals surface area contributed by atoms with E-state index in [1.807, 2.05) is 25.1 Å². The fourth-order valence-electron chi connectivity index (χ4n) is 5.14. The number of rotatable bonds is 22. The smallest absolute Gasteiger partial charge is 0.258 e. The molecular weight excluding hydrogens is 500 g/mol. The largest absolute Gasteiger partial charge is 0.506 e. The molecule has 2 aromatic carbocycles. The second kappa shape index (κ2) is 20.2. The summed E-state index contributed by atoms with van der Waals surface area (Å²) in [6.07, 6.45) is 17.7. The molecule has 0 aliphatic rings. The number of amides is 1. The zero-order valence-electron chi connectivity index (χ0n) is 25.3. The van der Waals surface area contributed by atoms with Gasteiger partial charge in [-0.25, -0.2) is 0 Å². The molecule has 0 bridgehead atoms. The van der Waals surface area contributed by atoms with Crippen molar-refractivity contribution in [3.63, 3.8) is 0 Å². The minimum absolute atomic E-state index is 0.0751. The summed E-state index contributed by atoms with van der Waals surface area (Å²) in [5, 5.41) is 22.0. The van der Waals surface area contributed by atoms with Crippen LogP contribution in [0, 0.1) is 11.3 Å². The minimum atomic E-state index is -0.595. The van der Waals surface area contributed by atoms with Crippen LogP contribution in [0.5, 0.6) is 11.5 Å². The van der Waals surface area contributed by atoms with Gasteiger partial charge in [0, 0.05) is 23.9 Å². The van der Waals surface area contributed by atoms with Crippen LogP contribution in [0.15, 0.2) is 30.3 Å². The highest BCUT2D eigenvalue weighted by molar-refractivity contribution is 6.06. The molecule has 1 amide bonds. The van der Waals surface area contributed by atoms with Gasteiger partial charge in [0.05, 0.1) is 18.2 Å². The van der Waals surface area contributed by atoms with E-state index in [4.69, 9.17) is 9.47 Å². The zero-order valence-corrected chi connectivity index (χ0v) is 25.3. The lowest BCUT2D eigenvalue weighted by atomic mass is 10.0. The number of ether oxygens (including phenoxy) is 2. The molecule has 0 spiro atoms. The Morgan fingerprint density at radius 2 is 1.43 bits per heavy atom. The highest BCUT2D eigenvalue weighted by Crippen LogP contribution is 2.37. The van der Waals surface area contributed by atoms with Crippen LogP contribution in [-0.4, -0.2) is 48.3 Å². The van der Waals surface area contributed by atoms with Gasteiger partial charge in [-0.15, -0.1) is 0 Å². The van der Waals surface area contributed by atoms with Crippen molar-refractivity contribution < 1.29 is 19.4 Å². The van der Waals surface area contributed by atoms with E-state index < -0.39 is 6.04 Å². The van der Waals surface area contributed by atoms with Crippen molar-refractivity contribution in [1.82, 2.24) is 4.90 Å². The van der Waals surface area contributed by atoms with Gasteiger partial charge in [0.1, 0.15) is 24.1 Å². The van der Waals surface area contributed by atoms with Crippen molar-refractivity contribution in [2.24, 2.45) is 0 Å². The third-order valence-electron chi connectivity index (χ3n) is 7.57. The van der Waals surface area contributed by atoms with E-state index in [0.717, 1.165) is 24.6 Å². The van der Waals surface area contributed by atoms with Crippen molar-refractivity contribution >= 4 is 16.7 Å². The van der Waals surface area contributed by atoms with Gasteiger partial charge < -0.3 is 19.5 Å². The topological polar surface area (TPSA) is 82.8 Å². The number of hydrogen-bond acceptors (Lipinski definition) is 5. The van der Waals surface area contributed by atoms with E-state index in [2.05, 4.69) is 13.0 Å². The molecule has 0 aliphatic carbocycles. The molecule has 2 aromatic rings. The lowest BCUT2D eigenvalue weighted by Gasteiger charge is -2.26. The second-order valence-electron chi connectivity index (χ2n) is 10.8. The highest BCUT2D eigenvalue weighted by atomic mass is 16.5. The molecule has 0 saturated heterocycles. The van der Waals surface area contributed by atoms with Crippen LogP contribution in [0.4, 0.5) is 0 Å². The molecule has 0 heterocycles. The summed E-state index contributed by atoms with van der Waals surface area (Å²) in [6, 6.07) is 10.6. The van der Waals surface area contributed by atoms with Crippen molar-refractivity contribution in [2.75, 3.05) is 26.4 Å². The monoisotopic (exact) mass is 552 g/mol. The predicted octanol–water partition coefficient (Wildman–Crippen LogP) is 8.80. The van der Waals surface area contributed by atoms with Crippen LogP contribution in [-0.2, 0) is 4.74 Å². The number of carbonyl (C=O) groups is 1. The summed E-state index contributed by atoms with van der Waals surface area (Å²) in [7, 11) is 0. The number of aromatic hydroxyl groups is 1. The Hall–Kier alpha value is -2.78. The van der Waals surface area contributed by atoms with Gasteiger partial charge >= 0.3 is 0 Å². The third kappa shape index (κ3) is 11.4. The maximum Gasteiger partial charge on any atom is 0.258 e. The van der Waals surface area contributed by atoms with E-state index in [-0.39, 0.29) is 17.2 Å². The molecule has 1 N–H and O–H groups in total. The maximum absolute atomic E-state index is 13.6. The van der Waals surface area contributed by atoms with Crippen LogP contribution in [0.2, 0.25) is 0 Å². The van der Waals surface area contributed by atoms with Crippen LogP contribution in [0.25, 0.3) is 10.8 Å². The first-order chi connectivity index (χ1) is 19.5. The lowest BCUT2D eigenvalue weighted by molar-refractivity contribution is 0.0721. The fourth-order valence-corrected chi connectivity index (χ4v) is 5.14. The number of benzene rings is 2. The number of phenolic OH excluding ortho intramolecular Hbond substituents is 1. The normalized spacial score (nSPS) is 11.8. The SMILES string of the molecule is CCCCCCCCCCCCCCCCN(C(=O)c1cc(OCCOCC)c2ccccc2c1O)C(C)C#N. The first-order valence-electron chi connectivity index (χ1n) is 15.7. The molecule has 1 unspecified atom stereocenters. The molecule has 0 saturated carbocycles. The van der Waals surface area contributed by atoms with Crippen molar-refractivity contribution in [3.05, 3.63) is 35.9 Å². The Morgan fingerprint density at radius 1 is 0.875 bits per heavy atom. The van der Waals surface area contributed by atoms with Gasteiger partial charge in [0.15, 0.2) is 0 Å². The van der Waals surface area contributed by atoms with Gasteiger partial charge in [-0.3, -0.25) is 4.79 Å². The molecular formula is C34H52N2O4. The number of nitriles is 1. The summed E-state index contributed by atoms with van der Waals surface area (Å²) in [5.41, 5.74) is 0.164. The Morgan fingerprint density at radius 3 is 1.98 bits per heavy atom. The van der Waals surface area contributed by atoms with Gasteiger partial charge in [-0.1, -0.05) is 115 Å². The highest BCUT2D eigenvalue weighted by Gasteiger charge is 2.26. The fraction of sp³-hybridized carbons (Fsp3) is 0.647. The molecule has 0 aromatic heterocycles. The first-order valence-corrected chi connectivity index (χ1v) is 15.7. The number of phenols is 1. The first kappa shape index (κ1) is 33.4. The van der Waals surface area contributed by atoms with Crippen molar-refractivity contribution in [3.8, 4) is 17.6 Å². The molecule has 2 rings (SSSR count). The Bertz CT molecular complexity index is 1030. The molecule has 0 fully saturated rings. The summed E-state index contributed by atoms with van der Waals surface area (Å²) in [6.45, 7) is 7.79. The van der Waals surface area contributed by atoms with Crippen LogP contribution in [0.1, 0.15) is 121 Å². The van der Waals surface area contributed by atoms with E-state index in [9.17, 15) is 15.2 Å².